The van der Waals surface area contributed by atoms with E-state index in [2.05, 4.69) is 15.2 Å². The molecule has 2 saturated heterocycles. The quantitative estimate of drug-likeness (QED) is 0.690. The number of nitrogens with zero attached hydrogens (tertiary/aromatic N) is 4. The maximum absolute atomic E-state index is 13.2. The summed E-state index contributed by atoms with van der Waals surface area (Å²) >= 11 is 0. The summed E-state index contributed by atoms with van der Waals surface area (Å²) in [5.41, 5.74) is 0.408. The smallest absolute Gasteiger partial charge is 0.275 e. The zero-order valence-corrected chi connectivity index (χ0v) is 18.1. The Morgan fingerprint density at radius 3 is 3.03 bits per heavy atom. The van der Waals surface area contributed by atoms with Crippen LogP contribution in [0.3, 0.4) is 0 Å². The molecule has 3 atom stereocenters. The molecular formula is C21H24N5O4P. The molecule has 5 rings (SSSR count). The highest BCUT2D eigenvalue weighted by atomic mass is 31.0. The van der Waals surface area contributed by atoms with Crippen LogP contribution >= 0.6 is 9.47 Å². The van der Waals surface area contributed by atoms with Gasteiger partial charge in [-0.05, 0) is 18.4 Å². The molecule has 1 aromatic rings. The summed E-state index contributed by atoms with van der Waals surface area (Å²) in [6.45, 7) is 2.97. The number of pyridine rings is 1. The molecule has 162 valence electrons. The number of aromatic nitrogens is 1. The summed E-state index contributed by atoms with van der Waals surface area (Å²) in [6.07, 6.45) is 11.0. The van der Waals surface area contributed by atoms with Crippen molar-refractivity contribution in [2.45, 2.75) is 31.6 Å². The van der Waals surface area contributed by atoms with Crippen LogP contribution in [0, 0.1) is 0 Å². The van der Waals surface area contributed by atoms with Crippen LogP contribution in [0.25, 0.3) is 0 Å². The van der Waals surface area contributed by atoms with Crippen molar-refractivity contribution < 1.29 is 14.1 Å². The van der Waals surface area contributed by atoms with E-state index in [0.29, 0.717) is 25.7 Å². The van der Waals surface area contributed by atoms with Crippen molar-refractivity contribution in [3.05, 3.63) is 51.5 Å². The topological polar surface area (TPSA) is 96.2 Å². The highest BCUT2D eigenvalue weighted by Gasteiger charge is 2.48. The lowest BCUT2D eigenvalue weighted by Crippen LogP contribution is -2.50. The highest BCUT2D eigenvalue weighted by Crippen LogP contribution is 2.35. The minimum absolute atomic E-state index is 0.0416. The summed E-state index contributed by atoms with van der Waals surface area (Å²) in [5.74, 6) is -0.836. The van der Waals surface area contributed by atoms with Crippen LogP contribution in [0.1, 0.15) is 33.7 Å². The van der Waals surface area contributed by atoms with Gasteiger partial charge in [0.2, 0.25) is 5.43 Å². The second-order valence-corrected chi connectivity index (χ2v) is 8.37. The second kappa shape index (κ2) is 8.05. The van der Waals surface area contributed by atoms with Crippen LogP contribution in [0.4, 0.5) is 0 Å². The van der Waals surface area contributed by atoms with E-state index < -0.39 is 11.3 Å². The molecule has 5 heterocycles. The molecule has 1 aromatic heterocycles. The van der Waals surface area contributed by atoms with Crippen LogP contribution in [-0.4, -0.2) is 70.8 Å². The van der Waals surface area contributed by atoms with Gasteiger partial charge in [-0.3, -0.25) is 24.3 Å². The van der Waals surface area contributed by atoms with E-state index in [1.807, 2.05) is 32.6 Å². The summed E-state index contributed by atoms with van der Waals surface area (Å²) < 4.78 is 6.96. The molecule has 0 radical (unpaired) electrons. The molecule has 2 amide bonds. The third-order valence-electron chi connectivity index (χ3n) is 6.36. The molecule has 4 aliphatic heterocycles. The van der Waals surface area contributed by atoms with Crippen LogP contribution in [0.2, 0.25) is 0 Å². The Morgan fingerprint density at radius 1 is 1.32 bits per heavy atom. The molecule has 31 heavy (non-hydrogen) atoms. The number of nitrogens with one attached hydrogen (secondary N) is 1. The fourth-order valence-corrected chi connectivity index (χ4v) is 5.11. The zero-order valence-electron chi connectivity index (χ0n) is 17.0. The van der Waals surface area contributed by atoms with Gasteiger partial charge >= 0.3 is 0 Å². The van der Waals surface area contributed by atoms with Gasteiger partial charge in [-0.2, -0.15) is 0 Å². The Kier molecular flexibility index (Phi) is 5.24. The van der Waals surface area contributed by atoms with E-state index in [1.165, 1.54) is 6.20 Å². The Hall–Kier alpha value is -2.77. The van der Waals surface area contributed by atoms with Gasteiger partial charge in [0.15, 0.2) is 11.4 Å². The number of fused-ring (bicyclic) bond motifs is 4. The summed E-state index contributed by atoms with van der Waals surface area (Å²) in [7, 11) is 2.03. The van der Waals surface area contributed by atoms with Crippen molar-refractivity contribution >= 4 is 27.5 Å². The largest absolute Gasteiger partial charge is 0.474 e. The van der Waals surface area contributed by atoms with Crippen molar-refractivity contribution in [1.82, 2.24) is 19.7 Å². The van der Waals surface area contributed by atoms with E-state index in [9.17, 15) is 14.4 Å². The second-order valence-electron chi connectivity index (χ2n) is 8.14. The SMILES string of the molecule is O=C(NCC1=CC=CCN=C1)c1cn2c(c(OP)c1=O)C(=O)N1CC3CCCN3[C@@H]1C2. The number of hydrogen-bond donors (Lipinski definition) is 1. The summed E-state index contributed by atoms with van der Waals surface area (Å²) in [6, 6.07) is 0.363. The predicted octanol–water partition coefficient (Wildman–Crippen LogP) is 0.574. The molecule has 0 aliphatic carbocycles. The van der Waals surface area contributed by atoms with Crippen LogP contribution < -0.4 is 15.3 Å². The number of rotatable bonds is 4. The van der Waals surface area contributed by atoms with Gasteiger partial charge in [0.25, 0.3) is 11.8 Å². The molecule has 0 saturated carbocycles. The Labute approximate surface area is 181 Å². The van der Waals surface area contributed by atoms with Crippen molar-refractivity contribution in [3.63, 3.8) is 0 Å². The maximum atomic E-state index is 13.2. The molecule has 2 unspecified atom stereocenters. The van der Waals surface area contributed by atoms with Gasteiger partial charge in [-0.15, -0.1) is 0 Å². The third-order valence-corrected chi connectivity index (χ3v) is 6.60. The molecule has 10 heteroatoms. The Bertz CT molecular complexity index is 1090. The van der Waals surface area contributed by atoms with Crippen LogP contribution in [-0.2, 0) is 6.54 Å². The molecule has 0 aromatic carbocycles. The lowest BCUT2D eigenvalue weighted by Gasteiger charge is -2.36. The molecule has 0 spiro atoms. The number of carbonyl (C=O) groups is 2. The lowest BCUT2D eigenvalue weighted by atomic mass is 10.1. The van der Waals surface area contributed by atoms with Crippen LogP contribution in [0.5, 0.6) is 5.75 Å². The van der Waals surface area contributed by atoms with Gasteiger partial charge in [-0.1, -0.05) is 18.2 Å². The molecule has 4 aliphatic rings. The number of hydrogen-bond acceptors (Lipinski definition) is 6. The summed E-state index contributed by atoms with van der Waals surface area (Å²) in [4.78, 5) is 47.5. The van der Waals surface area contributed by atoms with Gasteiger partial charge in [0, 0.05) is 38.1 Å². The monoisotopic (exact) mass is 441 g/mol. The predicted molar refractivity (Wildman–Crippen MR) is 119 cm³/mol. The number of carbonyl (C=O) groups excluding carboxylic acids is 2. The number of aliphatic imine (C=N–C) groups is 1. The van der Waals surface area contributed by atoms with Gasteiger partial charge < -0.3 is 19.3 Å². The van der Waals surface area contributed by atoms with Crippen molar-refractivity contribution in [3.8, 4) is 5.75 Å². The van der Waals surface area contributed by atoms with E-state index in [4.69, 9.17) is 4.52 Å². The average Bonchev–Trinajstić information content (AvgIpc) is 3.25. The average molecular weight is 441 g/mol. The molecule has 9 nitrogen and oxygen atoms in total. The van der Waals surface area contributed by atoms with Gasteiger partial charge in [0.1, 0.15) is 11.7 Å². The van der Waals surface area contributed by atoms with Gasteiger partial charge in [0.05, 0.1) is 22.6 Å². The number of amides is 2. The van der Waals surface area contributed by atoms with E-state index >= 15 is 0 Å². The minimum atomic E-state index is -0.589. The standard InChI is InChI=1S/C21H24N5O4P/c27-18-15(20(28)23-9-13-4-1-2-6-22-8-13)11-24-12-16-25-7-3-5-14(25)10-26(16)21(29)17(24)19(18)30-31/h1-2,4,8,11,14,16H,3,5-7,9-10,12,31H2,(H,23,28)/t14?,16-/m0/s1. The minimum Gasteiger partial charge on any atom is -0.474 e. The molecule has 0 bridgehead atoms. The van der Waals surface area contributed by atoms with Crippen molar-refractivity contribution in [1.29, 1.82) is 0 Å². The zero-order chi connectivity index (χ0) is 21.5. The maximum Gasteiger partial charge on any atom is 0.275 e. The van der Waals surface area contributed by atoms with E-state index in [-0.39, 0.29) is 35.6 Å². The van der Waals surface area contributed by atoms with E-state index in [0.717, 1.165) is 25.0 Å². The first-order chi connectivity index (χ1) is 15.1. The first-order valence-electron chi connectivity index (χ1n) is 10.4. The third kappa shape index (κ3) is 3.42. The van der Waals surface area contributed by atoms with E-state index in [1.54, 1.807) is 10.8 Å². The highest BCUT2D eigenvalue weighted by molar-refractivity contribution is 7.10. The van der Waals surface area contributed by atoms with Gasteiger partial charge in [-0.25, -0.2) is 0 Å². The molecular weight excluding hydrogens is 417 g/mol. The molecule has 1 N–H and O–H groups in total. The fraction of sp³-hybridized carbons (Fsp3) is 0.429. The van der Waals surface area contributed by atoms with Crippen molar-refractivity contribution in [2.24, 2.45) is 4.99 Å². The fourth-order valence-electron chi connectivity index (χ4n) is 4.89. The van der Waals surface area contributed by atoms with Crippen molar-refractivity contribution in [2.75, 3.05) is 26.2 Å². The first kappa shape index (κ1) is 20.2. The molecule has 2 fully saturated rings. The lowest BCUT2D eigenvalue weighted by molar-refractivity contribution is 0.0516. The Balaban J connectivity index is 1.45. The first-order valence-corrected chi connectivity index (χ1v) is 10.9. The number of allylic oxidation sites excluding steroid dienone is 2. The van der Waals surface area contributed by atoms with Crippen LogP contribution in [0.15, 0.2) is 39.8 Å². The summed E-state index contributed by atoms with van der Waals surface area (Å²) in [5, 5.41) is 2.78. The Morgan fingerprint density at radius 2 is 2.19 bits per heavy atom. The normalized spacial score (nSPS) is 24.4.